The van der Waals surface area contributed by atoms with Crippen LogP contribution in [0, 0.1) is 0 Å². The van der Waals surface area contributed by atoms with Gasteiger partial charge in [0.2, 0.25) is 0 Å². The fourth-order valence-electron chi connectivity index (χ4n) is 1.33. The zero-order valence-corrected chi connectivity index (χ0v) is 9.48. The van der Waals surface area contributed by atoms with Gasteiger partial charge in [-0.15, -0.1) is 0 Å². The molecule has 0 unspecified atom stereocenters. The molecule has 2 rings (SSSR count). The molecule has 1 aromatic heterocycles. The first-order chi connectivity index (χ1) is 8.13. The van der Waals surface area contributed by atoms with Gasteiger partial charge in [0.05, 0.1) is 17.7 Å². The van der Waals surface area contributed by atoms with Crippen molar-refractivity contribution in [3.63, 3.8) is 0 Å². The number of halogens is 1. The first kappa shape index (κ1) is 11.5. The summed E-state index contributed by atoms with van der Waals surface area (Å²) in [7, 11) is 1.19. The van der Waals surface area contributed by atoms with Crippen molar-refractivity contribution in [2.45, 2.75) is 6.29 Å². The lowest BCUT2D eigenvalue weighted by Crippen LogP contribution is -2.21. The summed E-state index contributed by atoms with van der Waals surface area (Å²) in [6.45, 7) is 0. The number of methoxy groups -OCH3 is 1. The summed E-state index contributed by atoms with van der Waals surface area (Å²) < 4.78 is 14.5. The monoisotopic (exact) mass is 257 g/mol. The van der Waals surface area contributed by atoms with Gasteiger partial charge in [-0.2, -0.15) is 0 Å². The van der Waals surface area contributed by atoms with Crippen molar-refractivity contribution in [2.24, 2.45) is 0 Å². The minimum atomic E-state index is -0.844. The SMILES string of the molecule is COC(=O)c1[nH]c(=O)c(C2OC=CO2)cc1Cl. The van der Waals surface area contributed by atoms with E-state index >= 15 is 0 Å². The Kier molecular flexibility index (Phi) is 3.06. The number of ether oxygens (including phenoxy) is 3. The van der Waals surface area contributed by atoms with Gasteiger partial charge in [-0.25, -0.2) is 4.79 Å². The fourth-order valence-corrected chi connectivity index (χ4v) is 1.57. The molecule has 0 radical (unpaired) electrons. The third-order valence-corrected chi connectivity index (χ3v) is 2.42. The highest BCUT2D eigenvalue weighted by atomic mass is 35.5. The molecule has 0 atom stereocenters. The van der Waals surface area contributed by atoms with Crippen LogP contribution in [0.3, 0.4) is 0 Å². The Morgan fingerprint density at radius 2 is 2.12 bits per heavy atom. The van der Waals surface area contributed by atoms with E-state index in [9.17, 15) is 9.59 Å². The van der Waals surface area contributed by atoms with Gasteiger partial charge < -0.3 is 19.2 Å². The van der Waals surface area contributed by atoms with Gasteiger partial charge in [0.1, 0.15) is 18.2 Å². The van der Waals surface area contributed by atoms with Crippen LogP contribution >= 0.6 is 11.6 Å². The Balaban J connectivity index is 2.41. The Bertz CT molecular complexity index is 528. The summed E-state index contributed by atoms with van der Waals surface area (Å²) in [5.41, 5.74) is -0.454. The molecule has 0 saturated heterocycles. The number of rotatable bonds is 2. The van der Waals surface area contributed by atoms with Crippen molar-refractivity contribution in [2.75, 3.05) is 7.11 Å². The molecule has 0 aliphatic carbocycles. The van der Waals surface area contributed by atoms with Crippen molar-refractivity contribution >= 4 is 17.6 Å². The van der Waals surface area contributed by atoms with Crippen LogP contribution in [0.1, 0.15) is 22.3 Å². The van der Waals surface area contributed by atoms with Crippen molar-refractivity contribution < 1.29 is 19.0 Å². The maximum atomic E-state index is 11.7. The summed E-state index contributed by atoms with van der Waals surface area (Å²) in [5.74, 6) is -0.718. The predicted octanol–water partition coefficient (Wildman–Crippen LogP) is 1.33. The lowest BCUT2D eigenvalue weighted by atomic mass is 10.2. The smallest absolute Gasteiger partial charge is 0.356 e. The molecule has 0 aromatic carbocycles. The number of pyridine rings is 1. The summed E-state index contributed by atoms with van der Waals surface area (Å²) in [5, 5.41) is 0.0607. The molecule has 0 amide bonds. The Hall–Kier alpha value is -1.95. The molecule has 1 aliphatic heterocycles. The normalized spacial score (nSPS) is 14.2. The zero-order valence-electron chi connectivity index (χ0n) is 8.73. The molecule has 7 heteroatoms. The van der Waals surface area contributed by atoms with Crippen molar-refractivity contribution in [1.82, 2.24) is 4.98 Å². The first-order valence-electron chi connectivity index (χ1n) is 4.60. The second-order valence-electron chi connectivity index (χ2n) is 3.14. The summed E-state index contributed by atoms with van der Waals surface area (Å²) >= 11 is 5.85. The zero-order chi connectivity index (χ0) is 12.4. The van der Waals surface area contributed by atoms with Gasteiger partial charge in [0.25, 0.3) is 11.8 Å². The van der Waals surface area contributed by atoms with Crippen molar-refractivity contribution in [1.29, 1.82) is 0 Å². The molecule has 2 heterocycles. The number of aromatic amines is 1. The van der Waals surface area contributed by atoms with Gasteiger partial charge >= 0.3 is 5.97 Å². The number of esters is 1. The number of carbonyl (C=O) groups excluding carboxylic acids is 1. The van der Waals surface area contributed by atoms with E-state index in [1.54, 1.807) is 0 Å². The lowest BCUT2D eigenvalue weighted by Gasteiger charge is -2.10. The fraction of sp³-hybridized carbons (Fsp3) is 0.200. The van der Waals surface area contributed by atoms with Gasteiger partial charge in [-0.05, 0) is 6.07 Å². The maximum absolute atomic E-state index is 11.7. The molecule has 1 aromatic rings. The third-order valence-electron chi connectivity index (χ3n) is 2.13. The molecule has 1 aliphatic rings. The molecular formula is C10H8ClNO5. The van der Waals surface area contributed by atoms with Crippen LogP contribution in [0.25, 0.3) is 0 Å². The van der Waals surface area contributed by atoms with Crippen LogP contribution in [0.5, 0.6) is 0 Å². The number of H-pyrrole nitrogens is 1. The van der Waals surface area contributed by atoms with Crippen LogP contribution in [-0.2, 0) is 14.2 Å². The van der Waals surface area contributed by atoms with E-state index < -0.39 is 17.8 Å². The molecule has 17 heavy (non-hydrogen) atoms. The van der Waals surface area contributed by atoms with E-state index in [0.29, 0.717) is 0 Å². The molecule has 1 N–H and O–H groups in total. The van der Waals surface area contributed by atoms with Crippen molar-refractivity contribution in [3.05, 3.63) is 45.2 Å². The predicted molar refractivity (Wildman–Crippen MR) is 57.5 cm³/mol. The Morgan fingerprint density at radius 3 is 2.71 bits per heavy atom. The second kappa shape index (κ2) is 4.50. The second-order valence-corrected chi connectivity index (χ2v) is 3.55. The Labute approximate surface area is 101 Å². The average Bonchev–Trinajstić information content (AvgIpc) is 2.84. The van der Waals surface area contributed by atoms with Gasteiger partial charge in [0, 0.05) is 0 Å². The highest BCUT2D eigenvalue weighted by molar-refractivity contribution is 6.33. The number of aromatic nitrogens is 1. The van der Waals surface area contributed by atoms with E-state index in [2.05, 4.69) is 9.72 Å². The van der Waals surface area contributed by atoms with E-state index in [1.165, 1.54) is 25.7 Å². The molecule has 90 valence electrons. The molecule has 0 fully saturated rings. The van der Waals surface area contributed by atoms with Crippen LogP contribution in [0.4, 0.5) is 0 Å². The molecule has 0 bridgehead atoms. The first-order valence-corrected chi connectivity index (χ1v) is 4.98. The lowest BCUT2D eigenvalue weighted by molar-refractivity contribution is -0.0257. The third kappa shape index (κ3) is 2.12. The van der Waals surface area contributed by atoms with Crippen LogP contribution in [0.15, 0.2) is 23.4 Å². The van der Waals surface area contributed by atoms with Gasteiger partial charge in [-0.1, -0.05) is 11.6 Å². The van der Waals surface area contributed by atoms with Crippen LogP contribution in [-0.4, -0.2) is 18.1 Å². The highest BCUT2D eigenvalue weighted by Crippen LogP contribution is 2.24. The minimum absolute atomic E-state index is 0.0607. The van der Waals surface area contributed by atoms with Gasteiger partial charge in [0.15, 0.2) is 0 Å². The van der Waals surface area contributed by atoms with E-state index in [0.717, 1.165) is 0 Å². The van der Waals surface area contributed by atoms with Crippen molar-refractivity contribution in [3.8, 4) is 0 Å². The van der Waals surface area contributed by atoms with E-state index in [1.807, 2.05) is 0 Å². The molecule has 6 nitrogen and oxygen atoms in total. The van der Waals surface area contributed by atoms with Crippen LogP contribution < -0.4 is 5.56 Å². The highest BCUT2D eigenvalue weighted by Gasteiger charge is 2.23. The summed E-state index contributed by atoms with van der Waals surface area (Å²) in [4.78, 5) is 25.3. The summed E-state index contributed by atoms with van der Waals surface area (Å²) in [6.07, 6.45) is 1.78. The average molecular weight is 258 g/mol. The number of nitrogens with one attached hydrogen (secondary N) is 1. The number of hydrogen-bond donors (Lipinski definition) is 1. The number of hydrogen-bond acceptors (Lipinski definition) is 5. The van der Waals surface area contributed by atoms with Crippen LogP contribution in [0.2, 0.25) is 5.02 Å². The minimum Gasteiger partial charge on any atom is -0.464 e. The summed E-state index contributed by atoms with van der Waals surface area (Å²) in [6, 6.07) is 1.31. The molecule has 0 spiro atoms. The maximum Gasteiger partial charge on any atom is 0.356 e. The van der Waals surface area contributed by atoms with E-state index in [4.69, 9.17) is 21.1 Å². The standard InChI is InChI=1S/C10H8ClNO5/c1-15-9(14)7-6(11)4-5(8(13)12-7)10-16-2-3-17-10/h2-4,10H,1H3,(H,12,13). The van der Waals surface area contributed by atoms with E-state index in [-0.39, 0.29) is 16.3 Å². The Morgan fingerprint density at radius 1 is 1.47 bits per heavy atom. The topological polar surface area (TPSA) is 77.6 Å². The molecule has 0 saturated carbocycles. The quantitative estimate of drug-likeness (QED) is 0.809. The molecular weight excluding hydrogens is 250 g/mol. The van der Waals surface area contributed by atoms with Gasteiger partial charge in [-0.3, -0.25) is 4.79 Å². The number of carbonyl (C=O) groups is 1. The largest absolute Gasteiger partial charge is 0.464 e.